The highest BCUT2D eigenvalue weighted by Crippen LogP contribution is 2.34. The van der Waals surface area contributed by atoms with Gasteiger partial charge in [0, 0.05) is 21.5 Å². The molecule has 0 aliphatic rings. The number of nitrogens with zero attached hydrogens (tertiary/aromatic N) is 2. The van der Waals surface area contributed by atoms with Gasteiger partial charge in [-0.05, 0) is 42.5 Å². The SMILES string of the molecule is C#Cc1cccc(Nc2ncnc3cc(Cl)c(SCCC)cc23)c1. The van der Waals surface area contributed by atoms with E-state index in [0.29, 0.717) is 0 Å². The molecule has 1 heterocycles. The monoisotopic (exact) mass is 353 g/mol. The fourth-order valence-electron chi connectivity index (χ4n) is 2.30. The van der Waals surface area contributed by atoms with Gasteiger partial charge in [0.1, 0.15) is 12.1 Å². The lowest BCUT2D eigenvalue weighted by Gasteiger charge is -2.11. The quantitative estimate of drug-likeness (QED) is 0.484. The van der Waals surface area contributed by atoms with Gasteiger partial charge >= 0.3 is 0 Å². The van der Waals surface area contributed by atoms with Crippen LogP contribution < -0.4 is 5.32 Å². The van der Waals surface area contributed by atoms with E-state index in [0.717, 1.165) is 50.1 Å². The summed E-state index contributed by atoms with van der Waals surface area (Å²) in [4.78, 5) is 9.75. The Balaban J connectivity index is 2.02. The molecule has 3 rings (SSSR count). The summed E-state index contributed by atoms with van der Waals surface area (Å²) in [5, 5.41) is 4.98. The van der Waals surface area contributed by atoms with Gasteiger partial charge in [-0.25, -0.2) is 9.97 Å². The molecule has 0 amide bonds. The molecule has 0 radical (unpaired) electrons. The lowest BCUT2D eigenvalue weighted by molar-refractivity contribution is 1.10. The molecular formula is C19H16ClN3S. The number of anilines is 2. The number of hydrogen-bond acceptors (Lipinski definition) is 4. The standard InChI is InChI=1S/C19H16ClN3S/c1-3-8-24-18-10-15-17(11-16(18)20)21-12-22-19(15)23-14-7-5-6-13(4-2)9-14/h2,5-7,9-12H,3,8H2,1H3,(H,21,22,23). The van der Waals surface area contributed by atoms with Gasteiger partial charge in [0.25, 0.3) is 0 Å². The van der Waals surface area contributed by atoms with Crippen molar-refractivity contribution in [3.05, 3.63) is 53.3 Å². The summed E-state index contributed by atoms with van der Waals surface area (Å²) in [5.74, 6) is 4.40. The van der Waals surface area contributed by atoms with Crippen LogP contribution >= 0.6 is 23.4 Å². The topological polar surface area (TPSA) is 37.8 Å². The van der Waals surface area contributed by atoms with Gasteiger partial charge in [0.15, 0.2) is 0 Å². The second-order valence-corrected chi connectivity index (χ2v) is 6.76. The summed E-state index contributed by atoms with van der Waals surface area (Å²) in [5.41, 5.74) is 2.52. The molecule has 0 spiro atoms. The number of nitrogens with one attached hydrogen (secondary N) is 1. The highest BCUT2D eigenvalue weighted by molar-refractivity contribution is 7.99. The molecule has 0 fully saturated rings. The molecule has 3 nitrogen and oxygen atoms in total. The summed E-state index contributed by atoms with van der Waals surface area (Å²) >= 11 is 8.11. The summed E-state index contributed by atoms with van der Waals surface area (Å²) in [6, 6.07) is 11.6. The Morgan fingerprint density at radius 2 is 2.12 bits per heavy atom. The van der Waals surface area contributed by atoms with E-state index in [-0.39, 0.29) is 0 Å². The highest BCUT2D eigenvalue weighted by atomic mass is 35.5. The van der Waals surface area contributed by atoms with Crippen LogP contribution in [0.25, 0.3) is 10.9 Å². The molecule has 1 aromatic heterocycles. The minimum Gasteiger partial charge on any atom is -0.340 e. The van der Waals surface area contributed by atoms with Crippen molar-refractivity contribution in [2.24, 2.45) is 0 Å². The fourth-order valence-corrected chi connectivity index (χ4v) is 3.45. The van der Waals surface area contributed by atoms with Crippen LogP contribution in [0.1, 0.15) is 18.9 Å². The molecule has 1 N–H and O–H groups in total. The average Bonchev–Trinajstić information content (AvgIpc) is 2.60. The second kappa shape index (κ2) is 7.57. The van der Waals surface area contributed by atoms with E-state index in [1.54, 1.807) is 11.8 Å². The Hall–Kier alpha value is -2.22. The summed E-state index contributed by atoms with van der Waals surface area (Å²) < 4.78 is 0. The van der Waals surface area contributed by atoms with Crippen LogP contribution in [-0.4, -0.2) is 15.7 Å². The van der Waals surface area contributed by atoms with Crippen LogP contribution in [0, 0.1) is 12.3 Å². The van der Waals surface area contributed by atoms with Crippen LogP contribution in [0.2, 0.25) is 5.02 Å². The van der Waals surface area contributed by atoms with Crippen molar-refractivity contribution in [3.8, 4) is 12.3 Å². The second-order valence-electron chi connectivity index (χ2n) is 5.22. The molecule has 120 valence electrons. The zero-order valence-electron chi connectivity index (χ0n) is 13.2. The third kappa shape index (κ3) is 3.64. The van der Waals surface area contributed by atoms with Crippen molar-refractivity contribution < 1.29 is 0 Å². The smallest absolute Gasteiger partial charge is 0.141 e. The maximum atomic E-state index is 6.37. The zero-order chi connectivity index (χ0) is 16.9. The molecule has 5 heteroatoms. The fraction of sp³-hybridized carbons (Fsp3) is 0.158. The number of hydrogen-bond donors (Lipinski definition) is 1. The molecule has 0 aliphatic heterocycles. The van der Waals surface area contributed by atoms with E-state index in [9.17, 15) is 0 Å². The Morgan fingerprint density at radius 3 is 2.92 bits per heavy atom. The van der Waals surface area contributed by atoms with Crippen LogP contribution in [0.3, 0.4) is 0 Å². The summed E-state index contributed by atoms with van der Waals surface area (Å²) in [7, 11) is 0. The molecule has 0 saturated heterocycles. The van der Waals surface area contributed by atoms with Crippen LogP contribution in [0.5, 0.6) is 0 Å². The predicted octanol–water partition coefficient (Wildman–Crippen LogP) is 5.51. The zero-order valence-corrected chi connectivity index (χ0v) is 14.8. The Kier molecular flexibility index (Phi) is 5.24. The number of thioether (sulfide) groups is 1. The third-order valence-corrected chi connectivity index (χ3v) is 5.13. The van der Waals surface area contributed by atoms with Crippen molar-refractivity contribution in [2.45, 2.75) is 18.2 Å². The number of benzene rings is 2. The number of rotatable bonds is 5. The summed E-state index contributed by atoms with van der Waals surface area (Å²) in [6.45, 7) is 2.15. The van der Waals surface area contributed by atoms with Crippen molar-refractivity contribution >= 4 is 45.8 Å². The molecule has 3 aromatic rings. The van der Waals surface area contributed by atoms with Gasteiger partial charge in [-0.2, -0.15) is 0 Å². The maximum absolute atomic E-state index is 6.37. The van der Waals surface area contributed by atoms with Crippen molar-refractivity contribution in [1.82, 2.24) is 9.97 Å². The molecule has 0 unspecified atom stereocenters. The molecule has 24 heavy (non-hydrogen) atoms. The van der Waals surface area contributed by atoms with Crippen molar-refractivity contribution in [1.29, 1.82) is 0 Å². The highest BCUT2D eigenvalue weighted by Gasteiger charge is 2.09. The van der Waals surface area contributed by atoms with Crippen molar-refractivity contribution in [2.75, 3.05) is 11.1 Å². The van der Waals surface area contributed by atoms with Gasteiger partial charge in [0.05, 0.1) is 10.5 Å². The minimum atomic E-state index is 0.722. The number of terminal acetylenes is 1. The first-order valence-electron chi connectivity index (χ1n) is 7.62. The molecule has 0 atom stereocenters. The lowest BCUT2D eigenvalue weighted by atomic mass is 10.2. The van der Waals surface area contributed by atoms with E-state index in [1.807, 2.05) is 36.4 Å². The molecule has 2 aromatic carbocycles. The minimum absolute atomic E-state index is 0.722. The van der Waals surface area contributed by atoms with E-state index in [4.69, 9.17) is 18.0 Å². The molecule has 0 aliphatic carbocycles. The van der Waals surface area contributed by atoms with Crippen molar-refractivity contribution in [3.63, 3.8) is 0 Å². The lowest BCUT2D eigenvalue weighted by Crippen LogP contribution is -1.97. The van der Waals surface area contributed by atoms with E-state index in [1.165, 1.54) is 6.33 Å². The van der Waals surface area contributed by atoms with Gasteiger partial charge in [0.2, 0.25) is 0 Å². The van der Waals surface area contributed by atoms with Gasteiger partial charge in [-0.1, -0.05) is 30.5 Å². The van der Waals surface area contributed by atoms with Crippen LogP contribution in [-0.2, 0) is 0 Å². The molecule has 0 saturated carbocycles. The van der Waals surface area contributed by atoms with Gasteiger partial charge in [-0.3, -0.25) is 0 Å². The first-order valence-corrected chi connectivity index (χ1v) is 8.98. The Labute approximate surface area is 150 Å². The van der Waals surface area contributed by atoms with E-state index >= 15 is 0 Å². The van der Waals surface area contributed by atoms with E-state index in [2.05, 4.69) is 28.1 Å². The number of halogens is 1. The number of fused-ring (bicyclic) bond motifs is 1. The first-order chi connectivity index (χ1) is 11.7. The predicted molar refractivity (Wildman–Crippen MR) is 103 cm³/mol. The van der Waals surface area contributed by atoms with Crippen LogP contribution in [0.4, 0.5) is 11.5 Å². The largest absolute Gasteiger partial charge is 0.340 e. The molecular weight excluding hydrogens is 338 g/mol. The van der Waals surface area contributed by atoms with Gasteiger partial charge in [-0.15, -0.1) is 18.2 Å². The number of aromatic nitrogens is 2. The summed E-state index contributed by atoms with van der Waals surface area (Å²) in [6.07, 6.45) is 8.09. The maximum Gasteiger partial charge on any atom is 0.141 e. The van der Waals surface area contributed by atoms with E-state index < -0.39 is 0 Å². The average molecular weight is 354 g/mol. The Morgan fingerprint density at radius 1 is 1.25 bits per heavy atom. The normalized spacial score (nSPS) is 10.5. The molecule has 0 bridgehead atoms. The van der Waals surface area contributed by atoms with Gasteiger partial charge < -0.3 is 5.32 Å². The third-order valence-electron chi connectivity index (χ3n) is 3.44. The first kappa shape index (κ1) is 16.6. The van der Waals surface area contributed by atoms with Crippen LogP contribution in [0.15, 0.2) is 47.6 Å². The Bertz CT molecular complexity index is 918.